The Morgan fingerprint density at radius 1 is 1.16 bits per heavy atom. The second kappa shape index (κ2) is 8.27. The summed E-state index contributed by atoms with van der Waals surface area (Å²) in [5.74, 6) is -0.198. The van der Waals surface area contributed by atoms with Crippen molar-refractivity contribution < 1.29 is 9.59 Å². The Kier molecular flexibility index (Phi) is 6.33. The fraction of sp³-hybridized carbons (Fsp3) is 0.368. The molecule has 0 saturated heterocycles. The van der Waals surface area contributed by atoms with Crippen molar-refractivity contribution in [2.75, 3.05) is 12.4 Å². The molecule has 0 aliphatic heterocycles. The van der Waals surface area contributed by atoms with E-state index in [4.69, 9.17) is 5.73 Å². The minimum Gasteiger partial charge on any atom is -0.366 e. The Balaban J connectivity index is 1.98. The summed E-state index contributed by atoms with van der Waals surface area (Å²) in [6.07, 6.45) is 0. The van der Waals surface area contributed by atoms with Gasteiger partial charge in [0.1, 0.15) is 5.00 Å². The average Bonchev–Trinajstić information content (AvgIpc) is 3.02. The van der Waals surface area contributed by atoms with E-state index >= 15 is 0 Å². The van der Waals surface area contributed by atoms with Crippen molar-refractivity contribution in [3.05, 3.63) is 52.4 Å². The van der Waals surface area contributed by atoms with E-state index in [1.54, 1.807) is 11.4 Å². The zero-order valence-corrected chi connectivity index (χ0v) is 15.9. The first-order valence-corrected chi connectivity index (χ1v) is 9.14. The lowest BCUT2D eigenvalue weighted by Crippen LogP contribution is -2.39. The summed E-state index contributed by atoms with van der Waals surface area (Å²) in [6.45, 7) is 6.84. The first kappa shape index (κ1) is 19.1. The number of hydrogen-bond acceptors (Lipinski definition) is 4. The third-order valence-electron chi connectivity index (χ3n) is 4.29. The third kappa shape index (κ3) is 4.90. The number of amides is 2. The lowest BCUT2D eigenvalue weighted by atomic mass is 10.0. The van der Waals surface area contributed by atoms with E-state index in [0.717, 1.165) is 5.56 Å². The molecule has 2 rings (SSSR count). The van der Waals surface area contributed by atoms with Gasteiger partial charge in [-0.2, -0.15) is 0 Å². The van der Waals surface area contributed by atoms with E-state index in [1.807, 2.05) is 18.9 Å². The van der Waals surface area contributed by atoms with Gasteiger partial charge in [0.15, 0.2) is 0 Å². The van der Waals surface area contributed by atoms with Crippen LogP contribution in [0.4, 0.5) is 5.00 Å². The summed E-state index contributed by atoms with van der Waals surface area (Å²) in [7, 11) is 1.91. The van der Waals surface area contributed by atoms with E-state index < -0.39 is 5.91 Å². The van der Waals surface area contributed by atoms with Crippen LogP contribution in [0.5, 0.6) is 0 Å². The van der Waals surface area contributed by atoms with E-state index in [1.165, 1.54) is 16.9 Å². The summed E-state index contributed by atoms with van der Waals surface area (Å²) in [6, 6.07) is 9.73. The fourth-order valence-electron chi connectivity index (χ4n) is 2.45. The molecular weight excluding hydrogens is 334 g/mol. The maximum absolute atomic E-state index is 12.5. The van der Waals surface area contributed by atoms with E-state index in [9.17, 15) is 9.59 Å². The van der Waals surface area contributed by atoms with Crippen molar-refractivity contribution in [3.63, 3.8) is 0 Å². The lowest BCUT2D eigenvalue weighted by molar-refractivity contribution is -0.120. The van der Waals surface area contributed by atoms with Gasteiger partial charge in [0.2, 0.25) is 5.91 Å². The number of rotatable bonds is 7. The molecule has 25 heavy (non-hydrogen) atoms. The van der Waals surface area contributed by atoms with Crippen molar-refractivity contribution >= 4 is 28.2 Å². The monoisotopic (exact) mass is 359 g/mol. The van der Waals surface area contributed by atoms with Crippen LogP contribution >= 0.6 is 11.3 Å². The second-order valence-electron chi connectivity index (χ2n) is 6.50. The second-order valence-corrected chi connectivity index (χ2v) is 7.42. The summed E-state index contributed by atoms with van der Waals surface area (Å²) >= 11 is 1.29. The van der Waals surface area contributed by atoms with Gasteiger partial charge in [-0.1, -0.05) is 38.1 Å². The molecule has 0 aliphatic rings. The van der Waals surface area contributed by atoms with Crippen LogP contribution < -0.4 is 11.1 Å². The van der Waals surface area contributed by atoms with Gasteiger partial charge >= 0.3 is 0 Å². The molecule has 0 saturated carbocycles. The molecule has 1 unspecified atom stereocenters. The predicted molar refractivity (Wildman–Crippen MR) is 103 cm³/mol. The van der Waals surface area contributed by atoms with Crippen molar-refractivity contribution in [3.8, 4) is 0 Å². The first-order valence-electron chi connectivity index (χ1n) is 8.26. The number of hydrogen-bond donors (Lipinski definition) is 2. The highest BCUT2D eigenvalue weighted by atomic mass is 32.1. The lowest BCUT2D eigenvalue weighted by Gasteiger charge is -2.24. The summed E-state index contributed by atoms with van der Waals surface area (Å²) in [5, 5.41) is 5.04. The van der Waals surface area contributed by atoms with Crippen molar-refractivity contribution in [2.45, 2.75) is 39.3 Å². The first-order chi connectivity index (χ1) is 11.8. The van der Waals surface area contributed by atoms with Crippen molar-refractivity contribution in [1.29, 1.82) is 0 Å². The number of carbonyl (C=O) groups excluding carboxylic acids is 2. The molecule has 0 aliphatic carbocycles. The van der Waals surface area contributed by atoms with Gasteiger partial charge in [-0.3, -0.25) is 14.5 Å². The van der Waals surface area contributed by atoms with E-state index in [0.29, 0.717) is 23.0 Å². The zero-order valence-electron chi connectivity index (χ0n) is 15.1. The number of nitrogens with one attached hydrogen (secondary N) is 1. The normalized spacial score (nSPS) is 12.4. The molecule has 0 bridgehead atoms. The highest BCUT2D eigenvalue weighted by Crippen LogP contribution is 2.23. The Labute approximate surface area is 152 Å². The highest BCUT2D eigenvalue weighted by molar-refractivity contribution is 7.14. The van der Waals surface area contributed by atoms with Crippen LogP contribution in [0.2, 0.25) is 0 Å². The SMILES string of the molecule is CC(C)c1ccc(CN(C)C(C)C(=O)Nc2sccc2C(N)=O)cc1. The highest BCUT2D eigenvalue weighted by Gasteiger charge is 2.20. The smallest absolute Gasteiger partial charge is 0.251 e. The fourth-order valence-corrected chi connectivity index (χ4v) is 3.24. The van der Waals surface area contributed by atoms with Gasteiger partial charge in [0, 0.05) is 6.54 Å². The maximum Gasteiger partial charge on any atom is 0.251 e. The standard InChI is InChI=1S/C19H25N3O2S/c1-12(2)15-7-5-14(6-8-15)11-22(4)13(3)18(24)21-19-16(17(20)23)9-10-25-19/h5-10,12-13H,11H2,1-4H3,(H2,20,23)(H,21,24). The Morgan fingerprint density at radius 2 is 1.80 bits per heavy atom. The molecule has 134 valence electrons. The maximum atomic E-state index is 12.5. The summed E-state index contributed by atoms with van der Waals surface area (Å²) < 4.78 is 0. The number of primary amides is 1. The van der Waals surface area contributed by atoms with Crippen LogP contribution in [0.1, 0.15) is 48.2 Å². The predicted octanol–water partition coefficient (Wildman–Crippen LogP) is 3.43. The largest absolute Gasteiger partial charge is 0.366 e. The number of benzene rings is 1. The zero-order chi connectivity index (χ0) is 18.6. The Bertz CT molecular complexity index is 737. The molecule has 0 fully saturated rings. The third-order valence-corrected chi connectivity index (χ3v) is 5.12. The van der Waals surface area contributed by atoms with Crippen LogP contribution in [-0.4, -0.2) is 29.8 Å². The molecule has 1 aromatic carbocycles. The molecule has 2 amide bonds. The number of nitrogens with zero attached hydrogens (tertiary/aromatic N) is 1. The number of thiophene rings is 1. The van der Waals surface area contributed by atoms with Gasteiger partial charge in [-0.05, 0) is 42.5 Å². The number of carbonyl (C=O) groups is 2. The minimum atomic E-state index is -0.539. The molecule has 1 atom stereocenters. The van der Waals surface area contributed by atoms with Crippen molar-refractivity contribution in [2.24, 2.45) is 5.73 Å². The van der Waals surface area contributed by atoms with Crippen LogP contribution in [0, 0.1) is 0 Å². The molecular formula is C19H25N3O2S. The summed E-state index contributed by atoms with van der Waals surface area (Å²) in [4.78, 5) is 25.8. The van der Waals surface area contributed by atoms with Gasteiger partial charge in [0.05, 0.1) is 11.6 Å². The van der Waals surface area contributed by atoms with Crippen LogP contribution in [0.3, 0.4) is 0 Å². The molecule has 1 aromatic heterocycles. The van der Waals surface area contributed by atoms with Gasteiger partial charge in [0.25, 0.3) is 5.91 Å². The minimum absolute atomic E-state index is 0.161. The summed E-state index contributed by atoms with van der Waals surface area (Å²) in [5.41, 5.74) is 8.11. The molecule has 5 nitrogen and oxygen atoms in total. The molecule has 3 N–H and O–H groups in total. The molecule has 1 heterocycles. The quantitative estimate of drug-likeness (QED) is 0.795. The van der Waals surface area contributed by atoms with Gasteiger partial charge < -0.3 is 11.1 Å². The molecule has 0 radical (unpaired) electrons. The van der Waals surface area contributed by atoms with Gasteiger partial charge in [-0.25, -0.2) is 0 Å². The van der Waals surface area contributed by atoms with Crippen molar-refractivity contribution in [1.82, 2.24) is 4.90 Å². The number of nitrogens with two attached hydrogens (primary N) is 1. The number of likely N-dealkylation sites (N-methyl/N-ethyl adjacent to an activating group) is 1. The molecule has 0 spiro atoms. The Morgan fingerprint density at radius 3 is 2.36 bits per heavy atom. The van der Waals surface area contributed by atoms with Crippen LogP contribution in [-0.2, 0) is 11.3 Å². The average molecular weight is 359 g/mol. The van der Waals surface area contributed by atoms with Crippen LogP contribution in [0.25, 0.3) is 0 Å². The Hall–Kier alpha value is -2.18. The molecule has 2 aromatic rings. The van der Waals surface area contributed by atoms with E-state index in [-0.39, 0.29) is 11.9 Å². The topological polar surface area (TPSA) is 75.4 Å². The van der Waals surface area contributed by atoms with E-state index in [2.05, 4.69) is 43.4 Å². The van der Waals surface area contributed by atoms with Crippen LogP contribution in [0.15, 0.2) is 35.7 Å². The molecule has 6 heteroatoms. The number of anilines is 1. The van der Waals surface area contributed by atoms with Gasteiger partial charge in [-0.15, -0.1) is 11.3 Å².